The third kappa shape index (κ3) is 2.16. The van der Waals surface area contributed by atoms with Gasteiger partial charge in [-0.3, -0.25) is 0 Å². The molecule has 0 saturated heterocycles. The molecule has 3 nitrogen and oxygen atoms in total. The van der Waals surface area contributed by atoms with Crippen LogP contribution in [0.15, 0.2) is 18.2 Å². The highest BCUT2D eigenvalue weighted by molar-refractivity contribution is 5.49. The predicted molar refractivity (Wildman–Crippen MR) is 56.2 cm³/mol. The van der Waals surface area contributed by atoms with Crippen LogP contribution in [0.25, 0.3) is 0 Å². The van der Waals surface area contributed by atoms with Crippen molar-refractivity contribution >= 4 is 0 Å². The highest BCUT2D eigenvalue weighted by Crippen LogP contribution is 2.49. The van der Waals surface area contributed by atoms with Crippen LogP contribution in [0, 0.1) is 11.3 Å². The molecule has 2 rings (SSSR count). The number of methoxy groups -OCH3 is 1. The molecule has 0 radical (unpaired) electrons. The second kappa shape index (κ2) is 4.21. The zero-order valence-electron chi connectivity index (χ0n) is 9.24. The van der Waals surface area contributed by atoms with Crippen LogP contribution >= 0.6 is 0 Å². The van der Waals surface area contributed by atoms with Gasteiger partial charge in [-0.1, -0.05) is 6.07 Å². The first-order valence-electron chi connectivity index (χ1n) is 5.16. The van der Waals surface area contributed by atoms with Crippen molar-refractivity contribution in [2.45, 2.75) is 24.9 Å². The van der Waals surface area contributed by atoms with Gasteiger partial charge in [0.05, 0.1) is 18.6 Å². The van der Waals surface area contributed by atoms with Gasteiger partial charge < -0.3 is 9.47 Å². The third-order valence-electron chi connectivity index (χ3n) is 2.90. The third-order valence-corrected chi connectivity index (χ3v) is 2.90. The van der Waals surface area contributed by atoms with E-state index in [0.717, 1.165) is 18.4 Å². The first kappa shape index (κ1) is 11.6. The molecule has 0 unspecified atom stereocenters. The predicted octanol–water partition coefficient (Wildman–Crippen LogP) is 2.85. The SMILES string of the molecule is COc1cc(C2(C#N)CC2)ccc1OC(F)F. The van der Waals surface area contributed by atoms with Crippen molar-refractivity contribution in [3.05, 3.63) is 23.8 Å². The van der Waals surface area contributed by atoms with Gasteiger partial charge in [0.1, 0.15) is 0 Å². The molecule has 0 spiro atoms. The molecule has 5 heteroatoms. The van der Waals surface area contributed by atoms with Gasteiger partial charge >= 0.3 is 6.61 Å². The molecular formula is C12H11F2NO2. The average Bonchev–Trinajstić information content (AvgIpc) is 3.09. The molecule has 1 aliphatic rings. The Labute approximate surface area is 97.6 Å². The van der Waals surface area contributed by atoms with Crippen LogP contribution in [0.5, 0.6) is 11.5 Å². The number of alkyl halides is 2. The Hall–Kier alpha value is -1.83. The molecule has 0 atom stereocenters. The molecule has 0 amide bonds. The van der Waals surface area contributed by atoms with E-state index in [1.54, 1.807) is 12.1 Å². The Balaban J connectivity index is 2.32. The molecule has 17 heavy (non-hydrogen) atoms. The lowest BCUT2D eigenvalue weighted by Crippen LogP contribution is -2.06. The van der Waals surface area contributed by atoms with Gasteiger partial charge in [0.25, 0.3) is 0 Å². The summed E-state index contributed by atoms with van der Waals surface area (Å²) in [6, 6.07) is 6.88. The standard InChI is InChI=1S/C12H11F2NO2/c1-16-10-6-8(12(7-15)4-5-12)2-3-9(10)17-11(13)14/h2-3,6,11H,4-5H2,1H3. The molecule has 0 aromatic heterocycles. The quantitative estimate of drug-likeness (QED) is 0.811. The molecule has 0 bridgehead atoms. The molecule has 1 aromatic rings. The number of nitrogens with zero attached hydrogens (tertiary/aromatic N) is 1. The minimum Gasteiger partial charge on any atom is -0.493 e. The Kier molecular flexibility index (Phi) is 2.88. The van der Waals surface area contributed by atoms with Crippen molar-refractivity contribution in [3.63, 3.8) is 0 Å². The maximum absolute atomic E-state index is 12.1. The molecule has 1 saturated carbocycles. The lowest BCUT2D eigenvalue weighted by Gasteiger charge is -2.13. The first-order valence-corrected chi connectivity index (χ1v) is 5.16. The molecule has 0 heterocycles. The molecule has 0 aliphatic heterocycles. The molecule has 0 N–H and O–H groups in total. The number of halogens is 2. The molecule has 90 valence electrons. The van der Waals surface area contributed by atoms with E-state index in [-0.39, 0.29) is 11.5 Å². The molecular weight excluding hydrogens is 228 g/mol. The zero-order valence-corrected chi connectivity index (χ0v) is 9.24. The van der Waals surface area contributed by atoms with E-state index in [1.807, 2.05) is 0 Å². The fraction of sp³-hybridized carbons (Fsp3) is 0.417. The van der Waals surface area contributed by atoms with Gasteiger partial charge in [-0.2, -0.15) is 14.0 Å². The summed E-state index contributed by atoms with van der Waals surface area (Å²) in [5.74, 6) is 0.212. The van der Waals surface area contributed by atoms with Gasteiger partial charge in [0, 0.05) is 0 Å². The minimum atomic E-state index is -2.89. The van der Waals surface area contributed by atoms with Crippen LogP contribution in [-0.4, -0.2) is 13.7 Å². The Morgan fingerprint density at radius 1 is 1.35 bits per heavy atom. The van der Waals surface area contributed by atoms with Crippen LogP contribution in [-0.2, 0) is 5.41 Å². The average molecular weight is 239 g/mol. The maximum atomic E-state index is 12.1. The van der Waals surface area contributed by atoms with E-state index in [2.05, 4.69) is 10.8 Å². The van der Waals surface area contributed by atoms with Crippen molar-refractivity contribution in [3.8, 4) is 17.6 Å². The van der Waals surface area contributed by atoms with Crippen LogP contribution in [0.3, 0.4) is 0 Å². The number of hydrogen-bond donors (Lipinski definition) is 0. The van der Waals surface area contributed by atoms with E-state index in [0.29, 0.717) is 0 Å². The zero-order chi connectivity index (χ0) is 12.5. The lowest BCUT2D eigenvalue weighted by atomic mass is 9.97. The summed E-state index contributed by atoms with van der Waals surface area (Å²) in [5, 5.41) is 9.05. The van der Waals surface area contributed by atoms with E-state index in [9.17, 15) is 8.78 Å². The Morgan fingerprint density at radius 3 is 2.53 bits per heavy atom. The summed E-state index contributed by atoms with van der Waals surface area (Å²) in [7, 11) is 1.38. The fourth-order valence-corrected chi connectivity index (χ4v) is 1.75. The smallest absolute Gasteiger partial charge is 0.387 e. The van der Waals surface area contributed by atoms with Crippen LogP contribution in [0.4, 0.5) is 8.78 Å². The maximum Gasteiger partial charge on any atom is 0.387 e. The molecule has 1 aromatic carbocycles. The Morgan fingerprint density at radius 2 is 2.06 bits per heavy atom. The normalized spacial score (nSPS) is 16.4. The molecule has 1 fully saturated rings. The number of rotatable bonds is 4. The monoisotopic (exact) mass is 239 g/mol. The number of ether oxygens (including phenoxy) is 2. The first-order chi connectivity index (χ1) is 8.11. The highest BCUT2D eigenvalue weighted by Gasteiger charge is 2.45. The number of benzene rings is 1. The summed E-state index contributed by atoms with van der Waals surface area (Å²) < 4.78 is 33.5. The van der Waals surface area contributed by atoms with E-state index in [1.165, 1.54) is 13.2 Å². The van der Waals surface area contributed by atoms with Crippen molar-refractivity contribution < 1.29 is 18.3 Å². The van der Waals surface area contributed by atoms with Crippen molar-refractivity contribution in [2.75, 3.05) is 7.11 Å². The van der Waals surface area contributed by atoms with Crippen molar-refractivity contribution in [1.29, 1.82) is 5.26 Å². The van der Waals surface area contributed by atoms with Crippen molar-refractivity contribution in [1.82, 2.24) is 0 Å². The number of hydrogen-bond acceptors (Lipinski definition) is 3. The second-order valence-corrected chi connectivity index (χ2v) is 3.94. The highest BCUT2D eigenvalue weighted by atomic mass is 19.3. The molecule has 1 aliphatic carbocycles. The van der Waals surface area contributed by atoms with Gasteiger partial charge in [-0.15, -0.1) is 0 Å². The summed E-state index contributed by atoms with van der Waals surface area (Å²) in [4.78, 5) is 0. The summed E-state index contributed by atoms with van der Waals surface area (Å²) in [5.41, 5.74) is 0.329. The van der Waals surface area contributed by atoms with Crippen molar-refractivity contribution in [2.24, 2.45) is 0 Å². The van der Waals surface area contributed by atoms with Gasteiger partial charge in [0.15, 0.2) is 11.5 Å². The van der Waals surface area contributed by atoms with E-state index < -0.39 is 12.0 Å². The largest absolute Gasteiger partial charge is 0.493 e. The minimum absolute atomic E-state index is 0.0139. The summed E-state index contributed by atoms with van der Waals surface area (Å²) in [6.45, 7) is -2.89. The lowest BCUT2D eigenvalue weighted by molar-refractivity contribution is -0.0512. The van der Waals surface area contributed by atoms with E-state index >= 15 is 0 Å². The second-order valence-electron chi connectivity index (χ2n) is 3.94. The summed E-state index contributed by atoms with van der Waals surface area (Å²) >= 11 is 0. The van der Waals surface area contributed by atoms with E-state index in [4.69, 9.17) is 10.00 Å². The topological polar surface area (TPSA) is 42.2 Å². The van der Waals surface area contributed by atoms with Gasteiger partial charge in [0.2, 0.25) is 0 Å². The van der Waals surface area contributed by atoms with Crippen LogP contribution in [0.1, 0.15) is 18.4 Å². The fourth-order valence-electron chi connectivity index (χ4n) is 1.75. The summed E-state index contributed by atoms with van der Waals surface area (Å²) in [6.07, 6.45) is 1.59. The van der Waals surface area contributed by atoms with Crippen LogP contribution < -0.4 is 9.47 Å². The Bertz CT molecular complexity index is 464. The number of nitriles is 1. The van der Waals surface area contributed by atoms with Gasteiger partial charge in [-0.25, -0.2) is 0 Å². The van der Waals surface area contributed by atoms with Gasteiger partial charge in [-0.05, 0) is 30.5 Å². The van der Waals surface area contributed by atoms with Crippen LogP contribution in [0.2, 0.25) is 0 Å².